The Kier molecular flexibility index (Phi) is 4.26. The molecule has 0 aromatic heterocycles. The van der Waals surface area contributed by atoms with Gasteiger partial charge in [0.15, 0.2) is 0 Å². The van der Waals surface area contributed by atoms with Crippen molar-refractivity contribution in [2.75, 3.05) is 31.6 Å². The van der Waals surface area contributed by atoms with Gasteiger partial charge in [-0.2, -0.15) is 5.26 Å². The highest BCUT2D eigenvalue weighted by Gasteiger charge is 2.25. The lowest BCUT2D eigenvalue weighted by Crippen LogP contribution is -2.34. The lowest BCUT2D eigenvalue weighted by Gasteiger charge is -2.23. The molecule has 1 aliphatic heterocycles. The quantitative estimate of drug-likeness (QED) is 0.804. The van der Waals surface area contributed by atoms with Crippen LogP contribution < -0.4 is 4.90 Å². The lowest BCUT2D eigenvalue weighted by molar-refractivity contribution is 0.289. The Morgan fingerprint density at radius 1 is 1.56 bits per heavy atom. The van der Waals surface area contributed by atoms with Crippen molar-refractivity contribution < 1.29 is 0 Å². The van der Waals surface area contributed by atoms with E-state index in [0.717, 1.165) is 24.0 Å². The number of halogens is 1. The highest BCUT2D eigenvalue weighted by Crippen LogP contribution is 2.27. The van der Waals surface area contributed by atoms with E-state index in [2.05, 4.69) is 56.9 Å². The molecule has 1 fully saturated rings. The molecular weight excluding hydrogens is 290 g/mol. The van der Waals surface area contributed by atoms with Crippen LogP contribution in [-0.2, 0) is 0 Å². The fourth-order valence-corrected chi connectivity index (χ4v) is 2.72. The Bertz CT molecular complexity index is 467. The molecule has 1 atom stereocenters. The van der Waals surface area contributed by atoms with Gasteiger partial charge in [0.05, 0.1) is 12.6 Å². The van der Waals surface area contributed by atoms with E-state index in [1.165, 1.54) is 11.3 Å². The second-order valence-corrected chi connectivity index (χ2v) is 5.75. The van der Waals surface area contributed by atoms with Crippen LogP contribution in [0, 0.1) is 18.3 Å². The van der Waals surface area contributed by atoms with Gasteiger partial charge >= 0.3 is 0 Å². The van der Waals surface area contributed by atoms with Crippen molar-refractivity contribution in [3.63, 3.8) is 0 Å². The molecule has 1 aromatic carbocycles. The molecule has 0 saturated carbocycles. The molecule has 96 valence electrons. The number of nitriles is 1. The van der Waals surface area contributed by atoms with Crippen molar-refractivity contribution in [1.29, 1.82) is 5.26 Å². The van der Waals surface area contributed by atoms with Gasteiger partial charge in [0, 0.05) is 29.3 Å². The van der Waals surface area contributed by atoms with E-state index in [-0.39, 0.29) is 0 Å². The minimum absolute atomic E-state index is 0.490. The summed E-state index contributed by atoms with van der Waals surface area (Å²) in [7, 11) is 2.03. The zero-order valence-electron chi connectivity index (χ0n) is 10.9. The molecule has 1 saturated heterocycles. The van der Waals surface area contributed by atoms with Gasteiger partial charge in [0.1, 0.15) is 0 Å². The summed E-state index contributed by atoms with van der Waals surface area (Å²) in [5, 5.41) is 8.74. The average Bonchev–Trinajstić information content (AvgIpc) is 2.82. The van der Waals surface area contributed by atoms with Gasteiger partial charge < -0.3 is 4.90 Å². The van der Waals surface area contributed by atoms with Gasteiger partial charge in [0.25, 0.3) is 0 Å². The number of nitrogens with zero attached hydrogens (tertiary/aromatic N) is 3. The van der Waals surface area contributed by atoms with Crippen LogP contribution in [0.3, 0.4) is 0 Å². The molecular formula is C14H18BrN3. The smallest absolute Gasteiger partial charge is 0.0866 e. The maximum atomic E-state index is 8.74. The summed E-state index contributed by atoms with van der Waals surface area (Å²) in [6, 6.07) is 9.21. The standard InChI is InChI=1S/C14H18BrN3/c1-11-3-4-12(9-14(11)15)18-7-5-13(10-18)17(2)8-6-16/h3-4,9,13H,5,7-8,10H2,1-2H3. The van der Waals surface area contributed by atoms with Crippen molar-refractivity contribution in [2.24, 2.45) is 0 Å². The number of benzene rings is 1. The van der Waals surface area contributed by atoms with Crippen LogP contribution in [0.15, 0.2) is 22.7 Å². The minimum atomic E-state index is 0.490. The molecule has 1 aromatic rings. The molecule has 1 unspecified atom stereocenters. The highest BCUT2D eigenvalue weighted by molar-refractivity contribution is 9.10. The first-order valence-electron chi connectivity index (χ1n) is 6.20. The molecule has 4 heteroatoms. The van der Waals surface area contributed by atoms with E-state index < -0.39 is 0 Å². The first-order chi connectivity index (χ1) is 8.61. The Morgan fingerprint density at radius 2 is 2.33 bits per heavy atom. The molecule has 3 nitrogen and oxygen atoms in total. The fourth-order valence-electron chi connectivity index (χ4n) is 2.36. The Labute approximate surface area is 117 Å². The first-order valence-corrected chi connectivity index (χ1v) is 6.99. The van der Waals surface area contributed by atoms with Crippen LogP contribution in [-0.4, -0.2) is 37.6 Å². The average molecular weight is 308 g/mol. The number of likely N-dealkylation sites (N-methyl/N-ethyl adjacent to an activating group) is 1. The predicted molar refractivity (Wildman–Crippen MR) is 77.7 cm³/mol. The van der Waals surface area contributed by atoms with Crippen LogP contribution in [0.1, 0.15) is 12.0 Å². The molecule has 0 aliphatic carbocycles. The van der Waals surface area contributed by atoms with Gasteiger partial charge in [-0.05, 0) is 38.1 Å². The lowest BCUT2D eigenvalue weighted by atomic mass is 10.2. The number of anilines is 1. The predicted octanol–water partition coefficient (Wildman–Crippen LogP) is 2.79. The molecule has 2 rings (SSSR count). The van der Waals surface area contributed by atoms with E-state index >= 15 is 0 Å². The minimum Gasteiger partial charge on any atom is -0.370 e. The van der Waals surface area contributed by atoms with Crippen molar-refractivity contribution in [2.45, 2.75) is 19.4 Å². The molecule has 1 aliphatic rings. The molecule has 1 heterocycles. The van der Waals surface area contributed by atoms with Gasteiger partial charge in [0.2, 0.25) is 0 Å². The van der Waals surface area contributed by atoms with Crippen molar-refractivity contribution in [3.8, 4) is 6.07 Å². The number of aryl methyl sites for hydroxylation is 1. The summed E-state index contributed by atoms with van der Waals surface area (Å²) in [4.78, 5) is 4.53. The van der Waals surface area contributed by atoms with E-state index in [9.17, 15) is 0 Å². The maximum absolute atomic E-state index is 8.74. The van der Waals surface area contributed by atoms with E-state index in [1.807, 2.05) is 7.05 Å². The van der Waals surface area contributed by atoms with Gasteiger partial charge in [-0.15, -0.1) is 0 Å². The third-order valence-electron chi connectivity index (χ3n) is 3.63. The summed E-state index contributed by atoms with van der Waals surface area (Å²) in [5.41, 5.74) is 2.52. The molecule has 0 radical (unpaired) electrons. The summed E-state index contributed by atoms with van der Waals surface area (Å²) in [5.74, 6) is 0. The van der Waals surface area contributed by atoms with Crippen LogP contribution in [0.25, 0.3) is 0 Å². The molecule has 0 spiro atoms. The Morgan fingerprint density at radius 3 is 3.00 bits per heavy atom. The normalized spacial score (nSPS) is 19.3. The summed E-state index contributed by atoms with van der Waals surface area (Å²) >= 11 is 3.58. The zero-order chi connectivity index (χ0) is 13.1. The maximum Gasteiger partial charge on any atom is 0.0866 e. The molecule has 18 heavy (non-hydrogen) atoms. The van der Waals surface area contributed by atoms with Crippen molar-refractivity contribution in [3.05, 3.63) is 28.2 Å². The second kappa shape index (κ2) is 5.73. The topological polar surface area (TPSA) is 30.3 Å². The van der Waals surface area contributed by atoms with E-state index in [4.69, 9.17) is 5.26 Å². The van der Waals surface area contributed by atoms with Crippen LogP contribution in [0.4, 0.5) is 5.69 Å². The van der Waals surface area contributed by atoms with Crippen LogP contribution >= 0.6 is 15.9 Å². The largest absolute Gasteiger partial charge is 0.370 e. The van der Waals surface area contributed by atoms with Crippen molar-refractivity contribution >= 4 is 21.6 Å². The Hall–Kier alpha value is -1.05. The number of hydrogen-bond acceptors (Lipinski definition) is 3. The van der Waals surface area contributed by atoms with Crippen LogP contribution in [0.2, 0.25) is 0 Å². The second-order valence-electron chi connectivity index (χ2n) is 4.90. The van der Waals surface area contributed by atoms with Crippen molar-refractivity contribution in [1.82, 2.24) is 4.90 Å². The monoisotopic (exact) mass is 307 g/mol. The van der Waals surface area contributed by atoms with E-state index in [0.29, 0.717) is 12.6 Å². The summed E-state index contributed by atoms with van der Waals surface area (Å²) < 4.78 is 1.16. The molecule has 0 bridgehead atoms. The highest BCUT2D eigenvalue weighted by atomic mass is 79.9. The number of rotatable bonds is 3. The summed E-state index contributed by atoms with van der Waals surface area (Å²) in [6.45, 7) is 4.68. The van der Waals surface area contributed by atoms with Gasteiger partial charge in [-0.1, -0.05) is 22.0 Å². The third kappa shape index (κ3) is 2.85. The third-order valence-corrected chi connectivity index (χ3v) is 4.48. The number of hydrogen-bond donors (Lipinski definition) is 0. The van der Waals surface area contributed by atoms with Gasteiger partial charge in [-0.3, -0.25) is 4.90 Å². The zero-order valence-corrected chi connectivity index (χ0v) is 12.4. The van der Waals surface area contributed by atoms with E-state index in [1.54, 1.807) is 0 Å². The van der Waals surface area contributed by atoms with Crippen LogP contribution in [0.5, 0.6) is 0 Å². The Balaban J connectivity index is 2.04. The fraction of sp³-hybridized carbons (Fsp3) is 0.500. The molecule has 0 N–H and O–H groups in total. The SMILES string of the molecule is Cc1ccc(N2CCC(N(C)CC#N)C2)cc1Br. The van der Waals surface area contributed by atoms with Gasteiger partial charge in [-0.25, -0.2) is 0 Å². The molecule has 0 amide bonds. The summed E-state index contributed by atoms with van der Waals surface area (Å²) in [6.07, 6.45) is 1.13. The first kappa shape index (κ1) is 13.4.